The largest absolute Gasteiger partial charge is 0.469 e. The molecule has 4 nitrogen and oxygen atoms in total. The van der Waals surface area contributed by atoms with Crippen LogP contribution < -0.4 is 0 Å². The Labute approximate surface area is 119 Å². The summed E-state index contributed by atoms with van der Waals surface area (Å²) in [6, 6.07) is 9.51. The summed E-state index contributed by atoms with van der Waals surface area (Å²) in [5, 5.41) is 10.0. The highest BCUT2D eigenvalue weighted by molar-refractivity contribution is 5.72. The van der Waals surface area contributed by atoms with Crippen LogP contribution in [0.15, 0.2) is 30.3 Å². The molecule has 0 heterocycles. The number of ether oxygens (including phenoxy) is 2. The Morgan fingerprint density at radius 2 is 1.90 bits per heavy atom. The summed E-state index contributed by atoms with van der Waals surface area (Å²) < 4.78 is 10.5. The molecule has 1 atom stereocenters. The number of aliphatic hydroxyl groups is 1. The van der Waals surface area contributed by atoms with Crippen LogP contribution in [0.5, 0.6) is 0 Å². The molecular formula is C16H22O4. The molecule has 1 N–H and O–H groups in total. The predicted octanol–water partition coefficient (Wildman–Crippen LogP) is 2.47. The summed E-state index contributed by atoms with van der Waals surface area (Å²) in [5.74, 6) is -0.105. The van der Waals surface area contributed by atoms with Gasteiger partial charge in [-0.25, -0.2) is 0 Å². The minimum atomic E-state index is -0.588. The fourth-order valence-corrected chi connectivity index (χ4v) is 2.63. The van der Waals surface area contributed by atoms with Crippen LogP contribution in [0.25, 0.3) is 0 Å². The van der Waals surface area contributed by atoms with E-state index in [-0.39, 0.29) is 18.0 Å². The van der Waals surface area contributed by atoms with E-state index in [0.717, 1.165) is 31.2 Å². The van der Waals surface area contributed by atoms with E-state index in [1.165, 1.54) is 7.11 Å². The Kier molecular flexibility index (Phi) is 5.56. The van der Waals surface area contributed by atoms with Gasteiger partial charge in [-0.05, 0) is 31.2 Å². The first-order valence-corrected chi connectivity index (χ1v) is 7.13. The van der Waals surface area contributed by atoms with Crippen molar-refractivity contribution in [2.75, 3.05) is 13.7 Å². The van der Waals surface area contributed by atoms with E-state index >= 15 is 0 Å². The van der Waals surface area contributed by atoms with Gasteiger partial charge in [-0.15, -0.1) is 0 Å². The Hall–Kier alpha value is -1.39. The Morgan fingerprint density at radius 3 is 2.50 bits per heavy atom. The van der Waals surface area contributed by atoms with Crippen molar-refractivity contribution in [3.63, 3.8) is 0 Å². The zero-order valence-corrected chi connectivity index (χ0v) is 11.8. The van der Waals surface area contributed by atoms with Crippen molar-refractivity contribution in [2.24, 2.45) is 5.92 Å². The standard InChI is InChI=1S/C16H22O4/c1-19-16(18)13-7-9-14(10-8-13)20-11-15(17)12-5-3-2-4-6-12/h2-6,13-15,17H,7-11H2,1H3. The molecule has 0 aliphatic heterocycles. The number of carbonyl (C=O) groups excluding carboxylic acids is 1. The van der Waals surface area contributed by atoms with Gasteiger partial charge in [0.25, 0.3) is 0 Å². The van der Waals surface area contributed by atoms with E-state index in [0.29, 0.717) is 6.61 Å². The summed E-state index contributed by atoms with van der Waals surface area (Å²) in [6.45, 7) is 0.303. The fraction of sp³-hybridized carbons (Fsp3) is 0.562. The van der Waals surface area contributed by atoms with Crippen LogP contribution in [-0.2, 0) is 14.3 Å². The number of rotatable bonds is 5. The monoisotopic (exact) mass is 278 g/mol. The molecule has 1 aliphatic rings. The highest BCUT2D eigenvalue weighted by Crippen LogP contribution is 2.27. The lowest BCUT2D eigenvalue weighted by Crippen LogP contribution is -2.28. The number of esters is 1. The first-order valence-electron chi connectivity index (χ1n) is 7.13. The summed E-state index contributed by atoms with van der Waals surface area (Å²) in [6.07, 6.45) is 2.85. The summed E-state index contributed by atoms with van der Waals surface area (Å²) >= 11 is 0. The van der Waals surface area contributed by atoms with Crippen LogP contribution in [-0.4, -0.2) is 30.9 Å². The third-order valence-corrected chi connectivity index (χ3v) is 3.88. The van der Waals surface area contributed by atoms with E-state index < -0.39 is 6.10 Å². The van der Waals surface area contributed by atoms with Gasteiger partial charge in [0.05, 0.1) is 25.7 Å². The Balaban J connectivity index is 1.72. The molecule has 110 valence electrons. The maximum atomic E-state index is 11.4. The Morgan fingerprint density at radius 1 is 1.25 bits per heavy atom. The zero-order valence-electron chi connectivity index (χ0n) is 11.8. The van der Waals surface area contributed by atoms with E-state index in [1.54, 1.807) is 0 Å². The molecule has 1 fully saturated rings. The first kappa shape index (κ1) is 15.0. The van der Waals surface area contributed by atoms with Crippen LogP contribution in [0.2, 0.25) is 0 Å². The summed E-state index contributed by atoms with van der Waals surface area (Å²) in [7, 11) is 1.43. The third-order valence-electron chi connectivity index (χ3n) is 3.88. The zero-order chi connectivity index (χ0) is 14.4. The van der Waals surface area contributed by atoms with Gasteiger partial charge in [0.1, 0.15) is 6.10 Å². The maximum absolute atomic E-state index is 11.4. The van der Waals surface area contributed by atoms with Crippen molar-refractivity contribution in [1.29, 1.82) is 0 Å². The number of aliphatic hydroxyl groups excluding tert-OH is 1. The second kappa shape index (κ2) is 7.41. The van der Waals surface area contributed by atoms with Crippen LogP contribution in [0, 0.1) is 5.92 Å². The lowest BCUT2D eigenvalue weighted by atomic mass is 9.87. The topological polar surface area (TPSA) is 55.8 Å². The molecule has 0 radical (unpaired) electrons. The minimum absolute atomic E-state index is 0.0129. The van der Waals surface area contributed by atoms with Crippen molar-refractivity contribution >= 4 is 5.97 Å². The van der Waals surface area contributed by atoms with Crippen LogP contribution in [0.1, 0.15) is 37.4 Å². The molecule has 0 aromatic heterocycles. The SMILES string of the molecule is COC(=O)C1CCC(OCC(O)c2ccccc2)CC1. The van der Waals surface area contributed by atoms with Crippen molar-refractivity contribution in [1.82, 2.24) is 0 Å². The van der Waals surface area contributed by atoms with Gasteiger partial charge in [0.2, 0.25) is 0 Å². The minimum Gasteiger partial charge on any atom is -0.469 e. The van der Waals surface area contributed by atoms with Crippen molar-refractivity contribution in [2.45, 2.75) is 37.9 Å². The molecule has 1 aromatic carbocycles. The molecule has 1 aliphatic carbocycles. The number of benzene rings is 1. The highest BCUT2D eigenvalue weighted by Gasteiger charge is 2.27. The first-order chi connectivity index (χ1) is 9.70. The smallest absolute Gasteiger partial charge is 0.308 e. The molecular weight excluding hydrogens is 256 g/mol. The predicted molar refractivity (Wildman–Crippen MR) is 75.1 cm³/mol. The number of hydrogen-bond acceptors (Lipinski definition) is 4. The average Bonchev–Trinajstić information content (AvgIpc) is 2.53. The van der Waals surface area contributed by atoms with Gasteiger partial charge in [0.15, 0.2) is 0 Å². The molecule has 1 unspecified atom stereocenters. The molecule has 0 spiro atoms. The average molecular weight is 278 g/mol. The summed E-state index contributed by atoms with van der Waals surface area (Å²) in [4.78, 5) is 11.4. The molecule has 1 saturated carbocycles. The Bertz CT molecular complexity index is 410. The molecule has 2 rings (SSSR count). The molecule has 1 aromatic rings. The van der Waals surface area contributed by atoms with Gasteiger partial charge in [-0.1, -0.05) is 30.3 Å². The quantitative estimate of drug-likeness (QED) is 0.841. The van der Waals surface area contributed by atoms with E-state index in [4.69, 9.17) is 9.47 Å². The van der Waals surface area contributed by atoms with Gasteiger partial charge >= 0.3 is 5.97 Å². The van der Waals surface area contributed by atoms with Gasteiger partial charge in [-0.3, -0.25) is 4.79 Å². The van der Waals surface area contributed by atoms with Crippen LogP contribution >= 0.6 is 0 Å². The highest BCUT2D eigenvalue weighted by atomic mass is 16.5. The van der Waals surface area contributed by atoms with Crippen LogP contribution in [0.3, 0.4) is 0 Å². The molecule has 4 heteroatoms. The second-order valence-electron chi connectivity index (χ2n) is 5.26. The maximum Gasteiger partial charge on any atom is 0.308 e. The number of methoxy groups -OCH3 is 1. The second-order valence-corrected chi connectivity index (χ2v) is 5.26. The van der Waals surface area contributed by atoms with Crippen LogP contribution in [0.4, 0.5) is 0 Å². The number of hydrogen-bond donors (Lipinski definition) is 1. The fourth-order valence-electron chi connectivity index (χ4n) is 2.63. The lowest BCUT2D eigenvalue weighted by Gasteiger charge is -2.27. The van der Waals surface area contributed by atoms with E-state index in [1.807, 2.05) is 30.3 Å². The normalized spacial score (nSPS) is 24.1. The van der Waals surface area contributed by atoms with Gasteiger partial charge in [0, 0.05) is 0 Å². The molecule has 0 saturated heterocycles. The van der Waals surface area contributed by atoms with E-state index in [9.17, 15) is 9.90 Å². The molecule has 0 bridgehead atoms. The number of carbonyl (C=O) groups is 1. The summed E-state index contributed by atoms with van der Waals surface area (Å²) in [5.41, 5.74) is 0.871. The third kappa shape index (κ3) is 4.05. The van der Waals surface area contributed by atoms with Gasteiger partial charge in [-0.2, -0.15) is 0 Å². The lowest BCUT2D eigenvalue weighted by molar-refractivity contribution is -0.147. The van der Waals surface area contributed by atoms with Crippen molar-refractivity contribution < 1.29 is 19.4 Å². The molecule has 0 amide bonds. The van der Waals surface area contributed by atoms with Crippen molar-refractivity contribution in [3.05, 3.63) is 35.9 Å². The van der Waals surface area contributed by atoms with Gasteiger partial charge < -0.3 is 14.6 Å². The van der Waals surface area contributed by atoms with E-state index in [2.05, 4.69) is 0 Å². The van der Waals surface area contributed by atoms with Crippen molar-refractivity contribution in [3.8, 4) is 0 Å². The molecule has 20 heavy (non-hydrogen) atoms.